The molecule has 1 atom stereocenters. The molecular formula is C13H18O3. The van der Waals surface area contributed by atoms with E-state index in [1.165, 1.54) is 5.56 Å². The lowest BCUT2D eigenvalue weighted by Crippen LogP contribution is -2.24. The first-order chi connectivity index (χ1) is 7.74. The summed E-state index contributed by atoms with van der Waals surface area (Å²) >= 11 is 0. The molecule has 0 amide bonds. The van der Waals surface area contributed by atoms with Crippen LogP contribution in [0.3, 0.4) is 0 Å². The van der Waals surface area contributed by atoms with Crippen molar-refractivity contribution in [2.24, 2.45) is 0 Å². The van der Waals surface area contributed by atoms with Crippen LogP contribution < -0.4 is 0 Å². The molecule has 0 heterocycles. The molecule has 3 nitrogen and oxygen atoms in total. The summed E-state index contributed by atoms with van der Waals surface area (Å²) in [6, 6.07) is 10.0. The fraction of sp³-hybridized carbons (Fsp3) is 0.462. The number of benzene rings is 1. The smallest absolute Gasteiger partial charge is 0.334 e. The Morgan fingerprint density at radius 3 is 2.62 bits per heavy atom. The molecule has 3 heteroatoms. The highest BCUT2D eigenvalue weighted by molar-refractivity contribution is 5.74. The molecule has 1 rings (SSSR count). The van der Waals surface area contributed by atoms with Crippen molar-refractivity contribution in [2.75, 3.05) is 13.2 Å². The highest BCUT2D eigenvalue weighted by Crippen LogP contribution is 2.02. The number of esters is 1. The highest BCUT2D eigenvalue weighted by atomic mass is 16.6. The molecule has 0 saturated heterocycles. The number of hydrogen-bond acceptors (Lipinski definition) is 3. The van der Waals surface area contributed by atoms with Crippen molar-refractivity contribution < 1.29 is 14.3 Å². The minimum atomic E-state index is -0.483. The van der Waals surface area contributed by atoms with Crippen LogP contribution in [0.15, 0.2) is 30.3 Å². The molecular weight excluding hydrogens is 204 g/mol. The number of ether oxygens (including phenoxy) is 2. The molecule has 0 aliphatic carbocycles. The van der Waals surface area contributed by atoms with Gasteiger partial charge in [-0.1, -0.05) is 30.3 Å². The lowest BCUT2D eigenvalue weighted by Gasteiger charge is -2.11. The molecule has 0 fully saturated rings. The molecule has 16 heavy (non-hydrogen) atoms. The van der Waals surface area contributed by atoms with Crippen molar-refractivity contribution in [1.29, 1.82) is 0 Å². The predicted molar refractivity (Wildman–Crippen MR) is 62.2 cm³/mol. The maximum absolute atomic E-state index is 11.2. The van der Waals surface area contributed by atoms with Crippen LogP contribution in [0, 0.1) is 0 Å². The van der Waals surface area contributed by atoms with E-state index in [-0.39, 0.29) is 5.97 Å². The average molecular weight is 222 g/mol. The third-order valence-corrected chi connectivity index (χ3v) is 2.22. The standard InChI is InChI=1S/C13H18O3/c1-3-15-13(14)11(2)16-10-9-12-7-5-4-6-8-12/h4-8,11H,3,9-10H2,1-2H3. The second-order valence-corrected chi connectivity index (χ2v) is 3.50. The molecule has 88 valence electrons. The van der Waals surface area contributed by atoms with Gasteiger partial charge in [-0.2, -0.15) is 0 Å². The van der Waals surface area contributed by atoms with E-state index in [1.807, 2.05) is 30.3 Å². The van der Waals surface area contributed by atoms with Crippen molar-refractivity contribution in [3.8, 4) is 0 Å². The predicted octanol–water partition coefficient (Wildman–Crippen LogP) is 2.20. The van der Waals surface area contributed by atoms with E-state index in [2.05, 4.69) is 0 Å². The summed E-state index contributed by atoms with van der Waals surface area (Å²) in [7, 11) is 0. The van der Waals surface area contributed by atoms with Gasteiger partial charge in [-0.3, -0.25) is 0 Å². The number of rotatable bonds is 6. The second-order valence-electron chi connectivity index (χ2n) is 3.50. The first-order valence-corrected chi connectivity index (χ1v) is 5.56. The molecule has 0 N–H and O–H groups in total. The third kappa shape index (κ3) is 4.45. The van der Waals surface area contributed by atoms with Gasteiger partial charge in [0.05, 0.1) is 13.2 Å². The number of carbonyl (C=O) groups excluding carboxylic acids is 1. The van der Waals surface area contributed by atoms with Crippen LogP contribution in [0.1, 0.15) is 19.4 Å². The second kappa shape index (κ2) is 7.01. The Balaban J connectivity index is 2.23. The van der Waals surface area contributed by atoms with E-state index in [0.29, 0.717) is 13.2 Å². The molecule has 1 aromatic carbocycles. The van der Waals surface area contributed by atoms with E-state index in [9.17, 15) is 4.79 Å². The summed E-state index contributed by atoms with van der Waals surface area (Å²) < 4.78 is 10.2. The summed E-state index contributed by atoms with van der Waals surface area (Å²) in [5.41, 5.74) is 1.21. The summed E-state index contributed by atoms with van der Waals surface area (Å²) in [4.78, 5) is 11.2. The Morgan fingerprint density at radius 1 is 1.31 bits per heavy atom. The van der Waals surface area contributed by atoms with Crippen molar-refractivity contribution in [1.82, 2.24) is 0 Å². The van der Waals surface area contributed by atoms with Gasteiger partial charge < -0.3 is 9.47 Å². The number of carbonyl (C=O) groups is 1. The summed E-state index contributed by atoms with van der Waals surface area (Å²) in [6.45, 7) is 4.42. The van der Waals surface area contributed by atoms with Gasteiger partial charge in [0.1, 0.15) is 0 Å². The van der Waals surface area contributed by atoms with Gasteiger partial charge in [0.25, 0.3) is 0 Å². The van der Waals surface area contributed by atoms with Crippen LogP contribution in [0.25, 0.3) is 0 Å². The van der Waals surface area contributed by atoms with Gasteiger partial charge in [0, 0.05) is 0 Å². The van der Waals surface area contributed by atoms with E-state index in [0.717, 1.165) is 6.42 Å². The normalized spacial score (nSPS) is 12.1. The minimum Gasteiger partial charge on any atom is -0.464 e. The molecule has 0 aliphatic heterocycles. The first-order valence-electron chi connectivity index (χ1n) is 5.56. The molecule has 0 aliphatic rings. The van der Waals surface area contributed by atoms with Crippen molar-refractivity contribution in [2.45, 2.75) is 26.4 Å². The third-order valence-electron chi connectivity index (χ3n) is 2.22. The Hall–Kier alpha value is -1.35. The maximum Gasteiger partial charge on any atom is 0.334 e. The largest absolute Gasteiger partial charge is 0.464 e. The van der Waals surface area contributed by atoms with E-state index in [1.54, 1.807) is 13.8 Å². The Kier molecular flexibility index (Phi) is 5.57. The van der Waals surface area contributed by atoms with Crippen LogP contribution in [-0.4, -0.2) is 25.3 Å². The Bertz CT molecular complexity index is 308. The van der Waals surface area contributed by atoms with Crippen LogP contribution in [0.2, 0.25) is 0 Å². The Labute approximate surface area is 96.4 Å². The quantitative estimate of drug-likeness (QED) is 0.692. The lowest BCUT2D eigenvalue weighted by molar-refractivity contribution is -0.155. The van der Waals surface area contributed by atoms with Gasteiger partial charge in [-0.05, 0) is 25.8 Å². The summed E-state index contributed by atoms with van der Waals surface area (Å²) in [6.07, 6.45) is 0.327. The maximum atomic E-state index is 11.2. The molecule has 0 radical (unpaired) electrons. The zero-order valence-corrected chi connectivity index (χ0v) is 9.81. The van der Waals surface area contributed by atoms with Crippen LogP contribution >= 0.6 is 0 Å². The SMILES string of the molecule is CCOC(=O)C(C)OCCc1ccccc1. The highest BCUT2D eigenvalue weighted by Gasteiger charge is 2.13. The lowest BCUT2D eigenvalue weighted by atomic mass is 10.2. The zero-order valence-electron chi connectivity index (χ0n) is 9.81. The summed E-state index contributed by atoms with van der Waals surface area (Å²) in [5, 5.41) is 0. The zero-order chi connectivity index (χ0) is 11.8. The molecule has 0 aromatic heterocycles. The first kappa shape index (κ1) is 12.7. The molecule has 1 aromatic rings. The van der Waals surface area contributed by atoms with Gasteiger partial charge in [-0.15, -0.1) is 0 Å². The van der Waals surface area contributed by atoms with Gasteiger partial charge >= 0.3 is 5.97 Å². The molecule has 0 spiro atoms. The monoisotopic (exact) mass is 222 g/mol. The molecule has 0 saturated carbocycles. The van der Waals surface area contributed by atoms with Gasteiger partial charge in [-0.25, -0.2) is 4.79 Å². The van der Waals surface area contributed by atoms with Crippen molar-refractivity contribution in [3.63, 3.8) is 0 Å². The van der Waals surface area contributed by atoms with Crippen molar-refractivity contribution in [3.05, 3.63) is 35.9 Å². The van der Waals surface area contributed by atoms with E-state index < -0.39 is 6.10 Å². The minimum absolute atomic E-state index is 0.296. The van der Waals surface area contributed by atoms with E-state index >= 15 is 0 Å². The number of hydrogen-bond donors (Lipinski definition) is 0. The fourth-order valence-corrected chi connectivity index (χ4v) is 1.33. The van der Waals surface area contributed by atoms with E-state index in [4.69, 9.17) is 9.47 Å². The Morgan fingerprint density at radius 2 is 2.00 bits per heavy atom. The fourth-order valence-electron chi connectivity index (χ4n) is 1.33. The van der Waals surface area contributed by atoms with Crippen molar-refractivity contribution >= 4 is 5.97 Å². The topological polar surface area (TPSA) is 35.5 Å². The average Bonchev–Trinajstić information content (AvgIpc) is 2.30. The van der Waals surface area contributed by atoms with Gasteiger partial charge in [0.15, 0.2) is 6.10 Å². The molecule has 0 bridgehead atoms. The van der Waals surface area contributed by atoms with Crippen LogP contribution in [-0.2, 0) is 20.7 Å². The van der Waals surface area contributed by atoms with Crippen LogP contribution in [0.4, 0.5) is 0 Å². The van der Waals surface area contributed by atoms with Crippen LogP contribution in [0.5, 0.6) is 0 Å². The van der Waals surface area contributed by atoms with Gasteiger partial charge in [0.2, 0.25) is 0 Å². The summed E-state index contributed by atoms with van der Waals surface area (Å²) in [5.74, 6) is -0.296. The molecule has 1 unspecified atom stereocenters.